The van der Waals surface area contributed by atoms with E-state index in [0.717, 1.165) is 5.56 Å². The number of ether oxygens (including phenoxy) is 1. The van der Waals surface area contributed by atoms with E-state index in [0.29, 0.717) is 28.8 Å². The number of hydrogen-bond donors (Lipinski definition) is 0. The fraction of sp³-hybridized carbons (Fsp3) is 0.389. The lowest BCUT2D eigenvalue weighted by atomic mass is 10.2. The lowest BCUT2D eigenvalue weighted by Crippen LogP contribution is -2.33. The molecule has 0 aliphatic carbocycles. The van der Waals surface area contributed by atoms with Crippen molar-refractivity contribution < 1.29 is 18.7 Å². The summed E-state index contributed by atoms with van der Waals surface area (Å²) in [6, 6.07) is 5.85. The lowest BCUT2D eigenvalue weighted by molar-refractivity contribution is 0.0531. The van der Waals surface area contributed by atoms with Crippen molar-refractivity contribution in [3.63, 3.8) is 0 Å². The van der Waals surface area contributed by atoms with Gasteiger partial charge in [-0.3, -0.25) is 4.90 Å². The first-order valence-electron chi connectivity index (χ1n) is 8.37. The first-order chi connectivity index (χ1) is 12.4. The van der Waals surface area contributed by atoms with Crippen molar-refractivity contribution in [2.75, 3.05) is 18.1 Å². The highest BCUT2D eigenvalue weighted by atomic mass is 32.1. The normalized spacial score (nSPS) is 17.1. The third-order valence-electron chi connectivity index (χ3n) is 4.14. The molecule has 26 heavy (non-hydrogen) atoms. The van der Waals surface area contributed by atoms with Crippen molar-refractivity contribution in [2.24, 2.45) is 0 Å². The summed E-state index contributed by atoms with van der Waals surface area (Å²) in [5.41, 5.74) is 1.41. The molecule has 1 aromatic carbocycles. The summed E-state index contributed by atoms with van der Waals surface area (Å²) in [6.07, 6.45) is 0. The highest BCUT2D eigenvalue weighted by molar-refractivity contribution is 7.17. The molecular weight excluding hydrogens is 357 g/mol. The first kappa shape index (κ1) is 18.3. The Kier molecular flexibility index (Phi) is 5.22. The molecule has 8 heteroatoms. The molecule has 6 nitrogen and oxygen atoms in total. The minimum Gasteiger partial charge on any atom is -0.462 e. The Labute approximate surface area is 155 Å². The van der Waals surface area contributed by atoms with Crippen molar-refractivity contribution in [3.8, 4) is 0 Å². The third-order valence-corrected chi connectivity index (χ3v) is 5.28. The molecule has 138 valence electrons. The van der Waals surface area contributed by atoms with Gasteiger partial charge in [-0.25, -0.2) is 19.0 Å². The van der Waals surface area contributed by atoms with Gasteiger partial charge in [0.1, 0.15) is 10.7 Å². The summed E-state index contributed by atoms with van der Waals surface area (Å²) in [5, 5.41) is 0.490. The Bertz CT molecular complexity index is 822. The maximum absolute atomic E-state index is 13.0. The highest BCUT2D eigenvalue weighted by Crippen LogP contribution is 2.32. The quantitative estimate of drug-likeness (QED) is 0.747. The number of benzene rings is 1. The SMILES string of the molecule is CCOC(=O)c1sc(N2C(=O)N(Cc3ccc(F)cc3)C[C@@H]2C)nc1C. The number of amides is 2. The van der Waals surface area contributed by atoms with Gasteiger partial charge in [0, 0.05) is 13.1 Å². The molecule has 2 aromatic rings. The summed E-state index contributed by atoms with van der Waals surface area (Å²) < 4.78 is 18.1. The van der Waals surface area contributed by atoms with E-state index >= 15 is 0 Å². The van der Waals surface area contributed by atoms with Gasteiger partial charge >= 0.3 is 12.0 Å². The Morgan fingerprint density at radius 2 is 2.08 bits per heavy atom. The summed E-state index contributed by atoms with van der Waals surface area (Å²) >= 11 is 1.17. The second-order valence-electron chi connectivity index (χ2n) is 6.14. The molecule has 1 fully saturated rings. The molecule has 1 aliphatic rings. The van der Waals surface area contributed by atoms with Crippen LogP contribution in [0.25, 0.3) is 0 Å². The van der Waals surface area contributed by atoms with Crippen LogP contribution in [-0.4, -0.2) is 41.1 Å². The number of thiazole rings is 1. The van der Waals surface area contributed by atoms with Crippen LogP contribution in [0.5, 0.6) is 0 Å². The van der Waals surface area contributed by atoms with Gasteiger partial charge in [0.15, 0.2) is 5.13 Å². The lowest BCUT2D eigenvalue weighted by Gasteiger charge is -2.17. The molecule has 1 aliphatic heterocycles. The number of carbonyl (C=O) groups excluding carboxylic acids is 2. The van der Waals surface area contributed by atoms with Crippen molar-refractivity contribution in [2.45, 2.75) is 33.4 Å². The number of hydrogen-bond acceptors (Lipinski definition) is 5. The average molecular weight is 377 g/mol. The van der Waals surface area contributed by atoms with Gasteiger partial charge in [0.25, 0.3) is 0 Å². The highest BCUT2D eigenvalue weighted by Gasteiger charge is 2.38. The van der Waals surface area contributed by atoms with E-state index in [4.69, 9.17) is 4.74 Å². The zero-order valence-electron chi connectivity index (χ0n) is 14.9. The Hall–Kier alpha value is -2.48. The molecule has 0 N–H and O–H groups in total. The van der Waals surface area contributed by atoms with Crippen LogP contribution >= 0.6 is 11.3 Å². The molecule has 0 saturated carbocycles. The van der Waals surface area contributed by atoms with Crippen LogP contribution in [-0.2, 0) is 11.3 Å². The third kappa shape index (κ3) is 3.55. The Balaban J connectivity index is 1.78. The molecular formula is C18H20FN3O3S. The Morgan fingerprint density at radius 1 is 1.38 bits per heavy atom. The molecule has 2 heterocycles. The van der Waals surface area contributed by atoms with E-state index in [-0.39, 0.29) is 24.5 Å². The number of anilines is 1. The van der Waals surface area contributed by atoms with Crippen LogP contribution in [0.4, 0.5) is 14.3 Å². The Morgan fingerprint density at radius 3 is 2.73 bits per heavy atom. The molecule has 1 saturated heterocycles. The fourth-order valence-corrected chi connectivity index (χ4v) is 3.96. The van der Waals surface area contributed by atoms with Gasteiger partial charge in [-0.15, -0.1) is 0 Å². The van der Waals surface area contributed by atoms with Crippen molar-refractivity contribution in [3.05, 3.63) is 46.2 Å². The second kappa shape index (κ2) is 7.41. The molecule has 0 radical (unpaired) electrons. The van der Waals surface area contributed by atoms with E-state index in [1.54, 1.807) is 35.8 Å². The maximum Gasteiger partial charge on any atom is 0.350 e. The second-order valence-corrected chi connectivity index (χ2v) is 7.12. The van der Waals surface area contributed by atoms with Crippen molar-refractivity contribution in [1.29, 1.82) is 0 Å². The summed E-state index contributed by atoms with van der Waals surface area (Å²) in [7, 11) is 0. The zero-order valence-corrected chi connectivity index (χ0v) is 15.7. The number of esters is 1. The minimum atomic E-state index is -0.420. The van der Waals surface area contributed by atoms with Crippen LogP contribution in [0, 0.1) is 12.7 Å². The number of urea groups is 1. The van der Waals surface area contributed by atoms with Gasteiger partial charge in [-0.05, 0) is 38.5 Å². The minimum absolute atomic E-state index is 0.0801. The molecule has 0 bridgehead atoms. The summed E-state index contributed by atoms with van der Waals surface area (Å²) in [5.74, 6) is -0.725. The smallest absolute Gasteiger partial charge is 0.350 e. The van der Waals surface area contributed by atoms with E-state index in [2.05, 4.69) is 4.98 Å². The van der Waals surface area contributed by atoms with Crippen LogP contribution < -0.4 is 4.90 Å². The molecule has 3 rings (SSSR count). The van der Waals surface area contributed by atoms with Gasteiger partial charge in [0.2, 0.25) is 0 Å². The summed E-state index contributed by atoms with van der Waals surface area (Å²) in [4.78, 5) is 32.9. The van der Waals surface area contributed by atoms with Crippen LogP contribution in [0.15, 0.2) is 24.3 Å². The van der Waals surface area contributed by atoms with Crippen LogP contribution in [0.2, 0.25) is 0 Å². The van der Waals surface area contributed by atoms with Gasteiger partial charge < -0.3 is 9.64 Å². The number of nitrogens with zero attached hydrogens (tertiary/aromatic N) is 3. The van der Waals surface area contributed by atoms with Crippen LogP contribution in [0.1, 0.15) is 34.8 Å². The number of aromatic nitrogens is 1. The maximum atomic E-state index is 13.0. The predicted molar refractivity (Wildman–Crippen MR) is 97.0 cm³/mol. The van der Waals surface area contributed by atoms with E-state index in [9.17, 15) is 14.0 Å². The summed E-state index contributed by atoms with van der Waals surface area (Å²) in [6.45, 7) is 6.63. The first-order valence-corrected chi connectivity index (χ1v) is 9.19. The number of aryl methyl sites for hydroxylation is 1. The number of rotatable bonds is 5. The van der Waals surface area contributed by atoms with E-state index < -0.39 is 5.97 Å². The van der Waals surface area contributed by atoms with Crippen molar-refractivity contribution in [1.82, 2.24) is 9.88 Å². The average Bonchev–Trinajstić information content (AvgIpc) is 3.10. The standard InChI is InChI=1S/C18H20FN3O3S/c1-4-25-16(23)15-12(3)20-17(26-15)22-11(2)9-21(18(22)24)10-13-5-7-14(19)8-6-13/h5-8,11H,4,9-10H2,1-3H3/t11-/m0/s1. The topological polar surface area (TPSA) is 62.7 Å². The largest absolute Gasteiger partial charge is 0.462 e. The zero-order chi connectivity index (χ0) is 18.8. The number of carbonyl (C=O) groups is 2. The van der Waals surface area contributed by atoms with Gasteiger partial charge in [0.05, 0.1) is 18.3 Å². The predicted octanol–water partition coefficient (Wildman–Crippen LogP) is 3.60. The molecule has 1 atom stereocenters. The van der Waals surface area contributed by atoms with E-state index in [1.807, 2.05) is 6.92 Å². The number of halogens is 1. The van der Waals surface area contributed by atoms with Crippen LogP contribution in [0.3, 0.4) is 0 Å². The van der Waals surface area contributed by atoms with Gasteiger partial charge in [-0.2, -0.15) is 0 Å². The molecule has 0 spiro atoms. The molecule has 0 unspecified atom stereocenters. The van der Waals surface area contributed by atoms with E-state index in [1.165, 1.54) is 23.5 Å². The molecule has 2 amide bonds. The van der Waals surface area contributed by atoms with Crippen molar-refractivity contribution >= 4 is 28.5 Å². The fourth-order valence-electron chi connectivity index (χ4n) is 2.90. The van der Waals surface area contributed by atoms with Gasteiger partial charge in [-0.1, -0.05) is 23.5 Å². The molecule has 1 aromatic heterocycles. The monoisotopic (exact) mass is 377 g/mol.